The SMILES string of the molecule is CC[N+](C)(CC)CCOc1ccc(C(=O)N2C/C(=C\c3ccccc3)C(=O)/C(=C/c3ccccc3)C2)cc1. The van der Waals surface area contributed by atoms with E-state index in [0.717, 1.165) is 41.0 Å². The highest BCUT2D eigenvalue weighted by Gasteiger charge is 2.29. The second-order valence-electron chi connectivity index (χ2n) is 10.00. The van der Waals surface area contributed by atoms with Gasteiger partial charge in [-0.2, -0.15) is 0 Å². The van der Waals surface area contributed by atoms with Gasteiger partial charge in [0.1, 0.15) is 18.9 Å². The number of carbonyl (C=O) groups is 2. The van der Waals surface area contributed by atoms with E-state index >= 15 is 0 Å². The number of hydrogen-bond donors (Lipinski definition) is 0. The maximum absolute atomic E-state index is 13.6. The van der Waals surface area contributed by atoms with E-state index < -0.39 is 0 Å². The number of quaternary nitrogens is 1. The van der Waals surface area contributed by atoms with Gasteiger partial charge in [-0.1, -0.05) is 60.7 Å². The second-order valence-corrected chi connectivity index (χ2v) is 10.00. The summed E-state index contributed by atoms with van der Waals surface area (Å²) in [5, 5.41) is 0. The molecule has 196 valence electrons. The van der Waals surface area contributed by atoms with Crippen molar-refractivity contribution in [3.05, 3.63) is 113 Å². The predicted molar refractivity (Wildman–Crippen MR) is 154 cm³/mol. The fraction of sp³-hybridized carbons (Fsp3) is 0.273. The van der Waals surface area contributed by atoms with Crippen LogP contribution in [0, 0.1) is 0 Å². The van der Waals surface area contributed by atoms with Crippen LogP contribution in [0.3, 0.4) is 0 Å². The molecule has 0 spiro atoms. The van der Waals surface area contributed by atoms with E-state index in [2.05, 4.69) is 20.9 Å². The number of benzene rings is 3. The number of likely N-dealkylation sites (N-methyl/N-ethyl adjacent to an activating group) is 1. The number of likely N-dealkylation sites (tertiary alicyclic amines) is 1. The highest BCUT2D eigenvalue weighted by atomic mass is 16.5. The molecule has 0 N–H and O–H groups in total. The van der Waals surface area contributed by atoms with Gasteiger partial charge < -0.3 is 14.1 Å². The largest absolute Gasteiger partial charge is 0.488 e. The van der Waals surface area contributed by atoms with E-state index in [1.165, 1.54) is 0 Å². The van der Waals surface area contributed by atoms with E-state index in [0.29, 0.717) is 23.3 Å². The Hall–Kier alpha value is -3.96. The van der Waals surface area contributed by atoms with Gasteiger partial charge in [0.15, 0.2) is 5.78 Å². The fourth-order valence-electron chi connectivity index (χ4n) is 4.48. The predicted octanol–water partition coefficient (Wildman–Crippen LogP) is 5.74. The number of Topliss-reactive ketones (excluding diaryl/α,β-unsaturated/α-hetero) is 1. The third-order valence-corrected chi connectivity index (χ3v) is 7.40. The first-order valence-corrected chi connectivity index (χ1v) is 13.3. The Balaban J connectivity index is 1.53. The molecule has 0 aliphatic carbocycles. The summed E-state index contributed by atoms with van der Waals surface area (Å²) >= 11 is 0. The van der Waals surface area contributed by atoms with Crippen LogP contribution in [0.2, 0.25) is 0 Å². The lowest BCUT2D eigenvalue weighted by Crippen LogP contribution is -2.46. The molecule has 0 bridgehead atoms. The van der Waals surface area contributed by atoms with E-state index in [-0.39, 0.29) is 24.8 Å². The normalized spacial score (nSPS) is 16.2. The maximum atomic E-state index is 13.6. The third-order valence-electron chi connectivity index (χ3n) is 7.40. The van der Waals surface area contributed by atoms with Crippen LogP contribution in [-0.4, -0.2) is 67.5 Å². The quantitative estimate of drug-likeness (QED) is 0.273. The van der Waals surface area contributed by atoms with E-state index in [1.807, 2.05) is 97.1 Å². The van der Waals surface area contributed by atoms with Crippen LogP contribution >= 0.6 is 0 Å². The zero-order valence-corrected chi connectivity index (χ0v) is 22.6. The molecule has 3 aromatic carbocycles. The zero-order valence-electron chi connectivity index (χ0n) is 22.6. The topological polar surface area (TPSA) is 46.6 Å². The van der Waals surface area contributed by atoms with Crippen LogP contribution in [-0.2, 0) is 4.79 Å². The molecular formula is C33H37N2O3+. The Bertz CT molecular complexity index is 1230. The van der Waals surface area contributed by atoms with Crippen LogP contribution in [0.1, 0.15) is 35.3 Å². The number of carbonyl (C=O) groups excluding carboxylic acids is 2. The van der Waals surface area contributed by atoms with Crippen LogP contribution in [0.4, 0.5) is 0 Å². The molecule has 1 heterocycles. The van der Waals surface area contributed by atoms with Gasteiger partial charge in [-0.3, -0.25) is 9.59 Å². The Morgan fingerprint density at radius 1 is 0.816 bits per heavy atom. The first-order chi connectivity index (χ1) is 18.4. The fourth-order valence-corrected chi connectivity index (χ4v) is 4.48. The molecule has 5 nitrogen and oxygen atoms in total. The molecule has 38 heavy (non-hydrogen) atoms. The van der Waals surface area contributed by atoms with Crippen molar-refractivity contribution in [2.24, 2.45) is 0 Å². The minimum atomic E-state index is -0.108. The van der Waals surface area contributed by atoms with Gasteiger partial charge >= 0.3 is 0 Å². The van der Waals surface area contributed by atoms with Crippen LogP contribution in [0.15, 0.2) is 96.1 Å². The molecule has 1 saturated heterocycles. The van der Waals surface area contributed by atoms with Crippen LogP contribution in [0.5, 0.6) is 5.75 Å². The summed E-state index contributed by atoms with van der Waals surface area (Å²) in [7, 11) is 2.23. The van der Waals surface area contributed by atoms with Crippen molar-refractivity contribution in [2.75, 3.05) is 46.4 Å². The third kappa shape index (κ3) is 6.87. The minimum Gasteiger partial charge on any atom is -0.488 e. The standard InChI is InChI=1S/C33H37N2O3/c1-4-35(3,5-2)20-21-38-31-18-16-28(17-19-31)33(37)34-24-29(22-26-12-8-6-9-13-26)32(36)30(25-34)23-27-14-10-7-11-15-27/h6-19,22-23H,4-5,20-21,24-25H2,1-3H3/q+1/b29-22+,30-23+. The van der Waals surface area contributed by atoms with Crippen molar-refractivity contribution in [1.29, 1.82) is 0 Å². The molecular weight excluding hydrogens is 472 g/mol. The van der Waals surface area contributed by atoms with Crippen molar-refractivity contribution in [2.45, 2.75) is 13.8 Å². The molecule has 4 rings (SSSR count). The van der Waals surface area contributed by atoms with Crippen molar-refractivity contribution < 1.29 is 18.8 Å². The highest BCUT2D eigenvalue weighted by molar-refractivity contribution is 6.15. The van der Waals surface area contributed by atoms with Gasteiger partial charge in [0.2, 0.25) is 0 Å². The van der Waals surface area contributed by atoms with Gasteiger partial charge in [-0.25, -0.2) is 0 Å². The highest BCUT2D eigenvalue weighted by Crippen LogP contribution is 2.24. The van der Waals surface area contributed by atoms with Crippen molar-refractivity contribution in [3.63, 3.8) is 0 Å². The summed E-state index contributed by atoms with van der Waals surface area (Å²) < 4.78 is 6.92. The molecule has 1 aliphatic rings. The molecule has 5 heteroatoms. The van der Waals surface area contributed by atoms with Crippen LogP contribution < -0.4 is 4.74 Å². The van der Waals surface area contributed by atoms with Gasteiger partial charge in [0.05, 0.1) is 33.2 Å². The molecule has 0 radical (unpaired) electrons. The summed E-state index contributed by atoms with van der Waals surface area (Å²) in [5.74, 6) is 0.627. The number of ketones is 1. The summed E-state index contributed by atoms with van der Waals surface area (Å²) in [6.07, 6.45) is 3.77. The molecule has 1 fully saturated rings. The molecule has 0 atom stereocenters. The molecule has 1 amide bonds. The molecule has 0 saturated carbocycles. The summed E-state index contributed by atoms with van der Waals surface area (Å²) in [4.78, 5) is 28.7. The second kappa shape index (κ2) is 12.5. The molecule has 1 aliphatic heterocycles. The average molecular weight is 510 g/mol. The summed E-state index contributed by atoms with van der Waals surface area (Å²) in [6.45, 7) is 8.60. The van der Waals surface area contributed by atoms with Gasteiger partial charge in [0, 0.05) is 16.7 Å². The smallest absolute Gasteiger partial charge is 0.254 e. The summed E-state index contributed by atoms with van der Waals surface area (Å²) in [6, 6.07) is 26.8. The number of ether oxygens (including phenoxy) is 1. The van der Waals surface area contributed by atoms with Crippen molar-refractivity contribution in [1.82, 2.24) is 4.90 Å². The molecule has 0 aromatic heterocycles. The monoisotopic (exact) mass is 509 g/mol. The summed E-state index contributed by atoms with van der Waals surface area (Å²) in [5.41, 5.74) is 3.66. The number of piperidine rings is 1. The Labute approximate surface area is 226 Å². The van der Waals surface area contributed by atoms with E-state index in [4.69, 9.17) is 4.74 Å². The van der Waals surface area contributed by atoms with Crippen LogP contribution in [0.25, 0.3) is 12.2 Å². The molecule has 0 unspecified atom stereocenters. The van der Waals surface area contributed by atoms with Gasteiger partial charge in [0.25, 0.3) is 5.91 Å². The average Bonchev–Trinajstić information content (AvgIpc) is 2.96. The Morgan fingerprint density at radius 3 is 1.79 bits per heavy atom. The lowest BCUT2D eigenvalue weighted by Gasteiger charge is -2.31. The van der Waals surface area contributed by atoms with Crippen molar-refractivity contribution in [3.8, 4) is 5.75 Å². The lowest BCUT2D eigenvalue weighted by molar-refractivity contribution is -0.906. The van der Waals surface area contributed by atoms with E-state index in [1.54, 1.807) is 4.90 Å². The Morgan fingerprint density at radius 2 is 1.32 bits per heavy atom. The van der Waals surface area contributed by atoms with E-state index in [9.17, 15) is 9.59 Å². The van der Waals surface area contributed by atoms with Crippen molar-refractivity contribution >= 4 is 23.8 Å². The molecule has 3 aromatic rings. The number of amides is 1. The first kappa shape index (κ1) is 27.1. The number of nitrogens with zero attached hydrogens (tertiary/aromatic N) is 2. The first-order valence-electron chi connectivity index (χ1n) is 13.3. The lowest BCUT2D eigenvalue weighted by atomic mass is 9.93. The van der Waals surface area contributed by atoms with Gasteiger partial charge in [-0.15, -0.1) is 0 Å². The maximum Gasteiger partial charge on any atom is 0.254 e. The number of rotatable bonds is 9. The Kier molecular flexibility index (Phi) is 8.93. The number of hydrogen-bond acceptors (Lipinski definition) is 3. The van der Waals surface area contributed by atoms with Gasteiger partial charge in [-0.05, 0) is 61.4 Å². The minimum absolute atomic E-state index is 0.0185. The zero-order chi connectivity index (χ0) is 27.0.